The van der Waals surface area contributed by atoms with Gasteiger partial charge in [0.05, 0.1) is 5.75 Å². The quantitative estimate of drug-likeness (QED) is 0.457. The summed E-state index contributed by atoms with van der Waals surface area (Å²) in [6.07, 6.45) is 0.409. The first-order valence-electron chi connectivity index (χ1n) is 3.14. The predicted octanol–water partition coefficient (Wildman–Crippen LogP) is -0.111. The standard InChI is InChI=1S/C5H12NO3S/c1-2-6-4-3-5-10(7,8)9/h2-5H2,1H3,(H,7,8,9). The van der Waals surface area contributed by atoms with Crippen molar-refractivity contribution in [3.8, 4) is 0 Å². The minimum atomic E-state index is -3.76. The SMILES string of the molecule is CC[N]CCCS(=O)(=O)O. The average molecular weight is 166 g/mol. The maximum absolute atomic E-state index is 10.1. The van der Waals surface area contributed by atoms with Gasteiger partial charge < -0.3 is 0 Å². The summed E-state index contributed by atoms with van der Waals surface area (Å²) in [5.41, 5.74) is 0. The Balaban J connectivity index is 3.21. The van der Waals surface area contributed by atoms with E-state index in [1.807, 2.05) is 6.92 Å². The van der Waals surface area contributed by atoms with Crippen LogP contribution in [0.25, 0.3) is 0 Å². The fraction of sp³-hybridized carbons (Fsp3) is 1.00. The van der Waals surface area contributed by atoms with Gasteiger partial charge in [0.15, 0.2) is 0 Å². The molecular formula is C5H12NO3S. The molecule has 0 aliphatic rings. The normalized spacial score (nSPS) is 11.8. The Kier molecular flexibility index (Phi) is 4.59. The average Bonchev–Trinajstić information content (AvgIpc) is 1.78. The lowest BCUT2D eigenvalue weighted by Crippen LogP contribution is -2.11. The summed E-state index contributed by atoms with van der Waals surface area (Å²) in [6, 6.07) is 0. The van der Waals surface area contributed by atoms with Crippen molar-refractivity contribution < 1.29 is 13.0 Å². The van der Waals surface area contributed by atoms with E-state index >= 15 is 0 Å². The van der Waals surface area contributed by atoms with E-state index in [1.54, 1.807) is 0 Å². The molecule has 61 valence electrons. The molecule has 0 amide bonds. The van der Waals surface area contributed by atoms with Crippen LogP contribution in [0.15, 0.2) is 0 Å². The van der Waals surface area contributed by atoms with Crippen LogP contribution >= 0.6 is 0 Å². The van der Waals surface area contributed by atoms with E-state index in [1.165, 1.54) is 0 Å². The molecule has 0 fully saturated rings. The molecule has 0 bridgehead atoms. The smallest absolute Gasteiger partial charge is 0.264 e. The van der Waals surface area contributed by atoms with E-state index in [-0.39, 0.29) is 5.75 Å². The van der Waals surface area contributed by atoms with Crippen molar-refractivity contribution in [2.24, 2.45) is 0 Å². The molecule has 0 aromatic carbocycles. The Labute approximate surface area is 61.4 Å². The third-order valence-electron chi connectivity index (χ3n) is 0.942. The summed E-state index contributed by atoms with van der Waals surface area (Å²) in [5, 5.41) is 3.90. The van der Waals surface area contributed by atoms with Crippen molar-refractivity contribution in [1.82, 2.24) is 5.32 Å². The van der Waals surface area contributed by atoms with Gasteiger partial charge >= 0.3 is 0 Å². The van der Waals surface area contributed by atoms with Crippen LogP contribution in [0.1, 0.15) is 13.3 Å². The van der Waals surface area contributed by atoms with Crippen molar-refractivity contribution in [2.75, 3.05) is 18.8 Å². The van der Waals surface area contributed by atoms with Crippen LogP contribution < -0.4 is 5.32 Å². The van der Waals surface area contributed by atoms with Gasteiger partial charge in [0.25, 0.3) is 10.1 Å². The number of hydrogen-bond donors (Lipinski definition) is 1. The number of nitrogens with zero attached hydrogens (tertiary/aromatic N) is 1. The highest BCUT2D eigenvalue weighted by molar-refractivity contribution is 7.85. The van der Waals surface area contributed by atoms with Gasteiger partial charge in [-0.25, -0.2) is 5.32 Å². The van der Waals surface area contributed by atoms with Crippen molar-refractivity contribution in [2.45, 2.75) is 13.3 Å². The first kappa shape index (κ1) is 9.87. The topological polar surface area (TPSA) is 68.5 Å². The van der Waals surface area contributed by atoms with Gasteiger partial charge in [0.2, 0.25) is 0 Å². The van der Waals surface area contributed by atoms with E-state index in [9.17, 15) is 8.42 Å². The first-order valence-corrected chi connectivity index (χ1v) is 4.75. The molecule has 0 rings (SSSR count). The fourth-order valence-corrected chi connectivity index (χ4v) is 1.01. The molecule has 0 saturated carbocycles. The number of rotatable bonds is 5. The van der Waals surface area contributed by atoms with Crippen LogP contribution in [0.3, 0.4) is 0 Å². The van der Waals surface area contributed by atoms with Gasteiger partial charge in [0.1, 0.15) is 0 Å². The summed E-state index contributed by atoms with van der Waals surface area (Å²) in [5.74, 6) is -0.184. The molecule has 0 saturated heterocycles. The second kappa shape index (κ2) is 4.65. The lowest BCUT2D eigenvalue weighted by molar-refractivity contribution is 0.480. The molecule has 0 heterocycles. The molecule has 0 aliphatic heterocycles. The molecule has 0 aromatic rings. The summed E-state index contributed by atoms with van der Waals surface area (Å²) >= 11 is 0. The van der Waals surface area contributed by atoms with Gasteiger partial charge in [0, 0.05) is 13.1 Å². The number of hydrogen-bond acceptors (Lipinski definition) is 2. The highest BCUT2D eigenvalue weighted by atomic mass is 32.2. The zero-order chi connectivity index (χ0) is 8.04. The molecule has 5 heteroatoms. The monoisotopic (exact) mass is 166 g/mol. The van der Waals surface area contributed by atoms with Crippen LogP contribution in [-0.4, -0.2) is 31.8 Å². The Morgan fingerprint density at radius 1 is 1.50 bits per heavy atom. The Morgan fingerprint density at radius 3 is 2.50 bits per heavy atom. The molecule has 0 atom stereocenters. The zero-order valence-electron chi connectivity index (χ0n) is 5.95. The van der Waals surface area contributed by atoms with Gasteiger partial charge in [-0.3, -0.25) is 4.55 Å². The van der Waals surface area contributed by atoms with E-state index < -0.39 is 10.1 Å². The van der Waals surface area contributed by atoms with E-state index in [0.717, 1.165) is 0 Å². The zero-order valence-corrected chi connectivity index (χ0v) is 6.76. The largest absolute Gasteiger partial charge is 0.286 e. The van der Waals surface area contributed by atoms with Gasteiger partial charge in [-0.2, -0.15) is 8.42 Å². The van der Waals surface area contributed by atoms with Crippen molar-refractivity contribution in [3.63, 3.8) is 0 Å². The highest BCUT2D eigenvalue weighted by Crippen LogP contribution is 1.86. The molecule has 0 spiro atoms. The molecule has 0 aromatic heterocycles. The highest BCUT2D eigenvalue weighted by Gasteiger charge is 2.01. The second-order valence-corrected chi connectivity index (χ2v) is 3.48. The second-order valence-electron chi connectivity index (χ2n) is 1.90. The maximum Gasteiger partial charge on any atom is 0.264 e. The summed E-state index contributed by atoms with van der Waals surface area (Å²) in [4.78, 5) is 0. The minimum absolute atomic E-state index is 0.184. The molecule has 0 unspecified atom stereocenters. The van der Waals surface area contributed by atoms with E-state index in [4.69, 9.17) is 4.55 Å². The van der Waals surface area contributed by atoms with Crippen LogP contribution in [0, 0.1) is 0 Å². The third kappa shape index (κ3) is 7.87. The Morgan fingerprint density at radius 2 is 2.10 bits per heavy atom. The molecule has 1 radical (unpaired) electrons. The van der Waals surface area contributed by atoms with Crippen molar-refractivity contribution >= 4 is 10.1 Å². The Bertz CT molecular complexity index is 164. The van der Waals surface area contributed by atoms with Crippen molar-refractivity contribution in [3.05, 3.63) is 0 Å². The minimum Gasteiger partial charge on any atom is -0.286 e. The van der Waals surface area contributed by atoms with Crippen LogP contribution in [0.4, 0.5) is 0 Å². The lowest BCUT2D eigenvalue weighted by Gasteiger charge is -1.95. The summed E-state index contributed by atoms with van der Waals surface area (Å²) < 4.78 is 28.5. The lowest BCUT2D eigenvalue weighted by atomic mass is 10.5. The first-order chi connectivity index (χ1) is 4.56. The molecule has 4 nitrogen and oxygen atoms in total. The third-order valence-corrected chi connectivity index (χ3v) is 1.75. The maximum atomic E-state index is 10.1. The van der Waals surface area contributed by atoms with Gasteiger partial charge in [-0.05, 0) is 6.42 Å². The predicted molar refractivity (Wildman–Crippen MR) is 38.6 cm³/mol. The van der Waals surface area contributed by atoms with E-state index in [2.05, 4.69) is 5.32 Å². The molecular weight excluding hydrogens is 154 g/mol. The van der Waals surface area contributed by atoms with E-state index in [0.29, 0.717) is 19.5 Å². The van der Waals surface area contributed by atoms with Crippen molar-refractivity contribution in [1.29, 1.82) is 0 Å². The van der Waals surface area contributed by atoms with Gasteiger partial charge in [-0.15, -0.1) is 0 Å². The summed E-state index contributed by atoms with van der Waals surface area (Å²) in [6.45, 7) is 3.09. The molecule has 10 heavy (non-hydrogen) atoms. The van der Waals surface area contributed by atoms with Crippen LogP contribution in [0.5, 0.6) is 0 Å². The molecule has 1 N–H and O–H groups in total. The van der Waals surface area contributed by atoms with Crippen LogP contribution in [0.2, 0.25) is 0 Å². The summed E-state index contributed by atoms with van der Waals surface area (Å²) in [7, 11) is -3.76. The molecule has 0 aliphatic carbocycles. The Hall–Kier alpha value is -0.130. The van der Waals surface area contributed by atoms with Crippen LogP contribution in [-0.2, 0) is 10.1 Å². The van der Waals surface area contributed by atoms with Gasteiger partial charge in [-0.1, -0.05) is 6.92 Å². The fourth-order valence-electron chi connectivity index (χ4n) is 0.517.